The van der Waals surface area contributed by atoms with Crippen LogP contribution in [0.4, 0.5) is 5.69 Å². The Morgan fingerprint density at radius 1 is 1.24 bits per heavy atom. The van der Waals surface area contributed by atoms with Crippen LogP contribution in [-0.2, 0) is 9.59 Å². The zero-order valence-electron chi connectivity index (χ0n) is 12.2. The molecule has 1 heterocycles. The number of fused-ring (bicyclic) bond motifs is 1. The Morgan fingerprint density at radius 3 is 2.57 bits per heavy atom. The number of benzene rings is 1. The molecule has 2 amide bonds. The van der Waals surface area contributed by atoms with E-state index in [9.17, 15) is 14.4 Å². The highest BCUT2D eigenvalue weighted by Gasteiger charge is 2.38. The number of nitrogens with zero attached hydrogens (tertiary/aromatic N) is 1. The largest absolute Gasteiger partial charge is 0.353 e. The van der Waals surface area contributed by atoms with Gasteiger partial charge in [0.15, 0.2) is 0 Å². The number of hydrogen-bond acceptors (Lipinski definition) is 3. The van der Waals surface area contributed by atoms with Crippen LogP contribution in [-0.4, -0.2) is 30.2 Å². The van der Waals surface area contributed by atoms with E-state index in [2.05, 4.69) is 5.32 Å². The molecule has 1 fully saturated rings. The first-order valence-electron chi connectivity index (χ1n) is 7.25. The fraction of sp³-hybridized carbons (Fsp3) is 0.438. The molecule has 0 atom stereocenters. The monoisotopic (exact) mass is 286 g/mol. The van der Waals surface area contributed by atoms with E-state index in [1.54, 1.807) is 0 Å². The highest BCUT2D eigenvalue weighted by Crippen LogP contribution is 2.34. The van der Waals surface area contributed by atoms with Gasteiger partial charge >= 0.3 is 0 Å². The van der Waals surface area contributed by atoms with Crippen molar-refractivity contribution in [1.29, 1.82) is 0 Å². The lowest BCUT2D eigenvalue weighted by Crippen LogP contribution is -2.35. The van der Waals surface area contributed by atoms with Gasteiger partial charge in [0.25, 0.3) is 11.7 Å². The van der Waals surface area contributed by atoms with Gasteiger partial charge < -0.3 is 10.2 Å². The zero-order valence-corrected chi connectivity index (χ0v) is 12.2. The van der Waals surface area contributed by atoms with Crippen molar-refractivity contribution in [3.05, 3.63) is 28.8 Å². The minimum Gasteiger partial charge on any atom is -0.353 e. The standard InChI is InChI=1S/C16H18N2O3/c1-9-3-4-10(2)14-13(9)15(20)16(21)18(14)8-7-12(19)17-11-5-6-11/h3-4,11H,5-8H2,1-2H3,(H,17,19). The van der Waals surface area contributed by atoms with Crippen molar-refractivity contribution < 1.29 is 14.4 Å². The summed E-state index contributed by atoms with van der Waals surface area (Å²) in [5.41, 5.74) is 2.85. The molecule has 110 valence electrons. The number of hydrogen-bond donors (Lipinski definition) is 1. The molecule has 1 aromatic carbocycles. The molecule has 21 heavy (non-hydrogen) atoms. The van der Waals surface area contributed by atoms with Gasteiger partial charge in [-0.2, -0.15) is 0 Å². The number of anilines is 1. The van der Waals surface area contributed by atoms with Crippen molar-refractivity contribution in [1.82, 2.24) is 5.32 Å². The van der Waals surface area contributed by atoms with Gasteiger partial charge in [0.2, 0.25) is 5.91 Å². The molecule has 1 aliphatic carbocycles. The third-order valence-electron chi connectivity index (χ3n) is 4.03. The first-order chi connectivity index (χ1) is 9.99. The van der Waals surface area contributed by atoms with E-state index in [1.165, 1.54) is 4.90 Å². The van der Waals surface area contributed by atoms with Crippen LogP contribution in [0.5, 0.6) is 0 Å². The van der Waals surface area contributed by atoms with Crippen LogP contribution in [0.25, 0.3) is 0 Å². The molecule has 2 aliphatic rings. The van der Waals surface area contributed by atoms with E-state index in [4.69, 9.17) is 0 Å². The van der Waals surface area contributed by atoms with Gasteiger partial charge in [-0.25, -0.2) is 0 Å². The molecule has 0 spiro atoms. The molecule has 0 saturated heterocycles. The first-order valence-corrected chi connectivity index (χ1v) is 7.25. The molecule has 1 aliphatic heterocycles. The normalized spacial score (nSPS) is 17.1. The number of carbonyl (C=O) groups is 3. The van der Waals surface area contributed by atoms with Crippen LogP contribution < -0.4 is 10.2 Å². The van der Waals surface area contributed by atoms with E-state index >= 15 is 0 Å². The predicted molar refractivity (Wildman–Crippen MR) is 78.4 cm³/mol. The molecule has 0 unspecified atom stereocenters. The van der Waals surface area contributed by atoms with Crippen molar-refractivity contribution >= 4 is 23.3 Å². The van der Waals surface area contributed by atoms with Crippen LogP contribution in [0, 0.1) is 13.8 Å². The van der Waals surface area contributed by atoms with Gasteiger partial charge in [0, 0.05) is 19.0 Å². The topological polar surface area (TPSA) is 66.5 Å². The smallest absolute Gasteiger partial charge is 0.299 e. The second-order valence-corrected chi connectivity index (χ2v) is 5.80. The molecule has 1 saturated carbocycles. The third kappa shape index (κ3) is 2.44. The minimum atomic E-state index is -0.526. The SMILES string of the molecule is Cc1ccc(C)c2c1C(=O)C(=O)N2CCC(=O)NC1CC1. The van der Waals surface area contributed by atoms with Gasteiger partial charge in [-0.15, -0.1) is 0 Å². The van der Waals surface area contributed by atoms with Crippen molar-refractivity contribution in [2.24, 2.45) is 0 Å². The maximum atomic E-state index is 12.2. The number of Topliss-reactive ketones (excluding diaryl/α,β-unsaturated/α-hetero) is 1. The Morgan fingerprint density at radius 2 is 1.90 bits per heavy atom. The maximum Gasteiger partial charge on any atom is 0.299 e. The molecule has 3 rings (SSSR count). The second kappa shape index (κ2) is 4.98. The summed E-state index contributed by atoms with van der Waals surface area (Å²) in [6.07, 6.45) is 2.30. The Balaban J connectivity index is 1.80. The second-order valence-electron chi connectivity index (χ2n) is 5.80. The number of carbonyl (C=O) groups excluding carboxylic acids is 3. The quantitative estimate of drug-likeness (QED) is 0.853. The molecule has 5 nitrogen and oxygen atoms in total. The lowest BCUT2D eigenvalue weighted by Gasteiger charge is -2.18. The van der Waals surface area contributed by atoms with E-state index in [-0.39, 0.29) is 18.9 Å². The molecule has 1 N–H and O–H groups in total. The van der Waals surface area contributed by atoms with Crippen LogP contribution in [0.3, 0.4) is 0 Å². The summed E-state index contributed by atoms with van der Waals surface area (Å²) in [6.45, 7) is 3.95. The van der Waals surface area contributed by atoms with E-state index in [1.807, 2.05) is 26.0 Å². The number of nitrogens with one attached hydrogen (secondary N) is 1. The molecule has 0 radical (unpaired) electrons. The molecular weight excluding hydrogens is 268 g/mol. The maximum absolute atomic E-state index is 12.2. The number of ketones is 1. The molecule has 0 aromatic heterocycles. The molecule has 0 bridgehead atoms. The van der Waals surface area contributed by atoms with E-state index < -0.39 is 11.7 Å². The van der Waals surface area contributed by atoms with Crippen molar-refractivity contribution in [2.45, 2.75) is 39.2 Å². The number of rotatable bonds is 4. The first kappa shape index (κ1) is 13.8. The molecule has 5 heteroatoms. The predicted octanol–water partition coefficient (Wildman–Crippen LogP) is 1.50. The van der Waals surface area contributed by atoms with Gasteiger partial charge in [0.1, 0.15) is 0 Å². The molecule has 1 aromatic rings. The van der Waals surface area contributed by atoms with Crippen LogP contribution >= 0.6 is 0 Å². The highest BCUT2D eigenvalue weighted by molar-refractivity contribution is 6.52. The summed E-state index contributed by atoms with van der Waals surface area (Å²) >= 11 is 0. The van der Waals surface area contributed by atoms with Gasteiger partial charge in [-0.3, -0.25) is 14.4 Å². The van der Waals surface area contributed by atoms with E-state index in [0.29, 0.717) is 17.3 Å². The average Bonchev–Trinajstić information content (AvgIpc) is 3.21. The summed E-state index contributed by atoms with van der Waals surface area (Å²) in [7, 11) is 0. The van der Waals surface area contributed by atoms with E-state index in [0.717, 1.165) is 24.0 Å². The van der Waals surface area contributed by atoms with Crippen LogP contribution in [0.1, 0.15) is 40.7 Å². The Labute approximate surface area is 123 Å². The van der Waals surface area contributed by atoms with Gasteiger partial charge in [-0.1, -0.05) is 12.1 Å². The Bertz CT molecular complexity index is 647. The Hall–Kier alpha value is -2.17. The van der Waals surface area contributed by atoms with Crippen molar-refractivity contribution in [3.63, 3.8) is 0 Å². The summed E-state index contributed by atoms with van der Waals surface area (Å²) < 4.78 is 0. The zero-order chi connectivity index (χ0) is 15.1. The lowest BCUT2D eigenvalue weighted by atomic mass is 10.0. The fourth-order valence-corrected chi connectivity index (χ4v) is 2.72. The molecular formula is C16H18N2O3. The van der Waals surface area contributed by atoms with Gasteiger partial charge in [-0.05, 0) is 37.8 Å². The summed E-state index contributed by atoms with van der Waals surface area (Å²) in [5.74, 6) is -1.05. The Kier molecular flexibility index (Phi) is 3.27. The van der Waals surface area contributed by atoms with Crippen LogP contribution in [0.15, 0.2) is 12.1 Å². The lowest BCUT2D eigenvalue weighted by molar-refractivity contribution is -0.121. The summed E-state index contributed by atoms with van der Waals surface area (Å²) in [5, 5.41) is 2.89. The third-order valence-corrected chi connectivity index (χ3v) is 4.03. The number of aryl methyl sites for hydroxylation is 2. The van der Waals surface area contributed by atoms with Gasteiger partial charge in [0.05, 0.1) is 11.3 Å². The van der Waals surface area contributed by atoms with Crippen molar-refractivity contribution in [2.75, 3.05) is 11.4 Å². The van der Waals surface area contributed by atoms with Crippen molar-refractivity contribution in [3.8, 4) is 0 Å². The average molecular weight is 286 g/mol. The fourth-order valence-electron chi connectivity index (χ4n) is 2.72. The summed E-state index contributed by atoms with van der Waals surface area (Å²) in [4.78, 5) is 37.5. The minimum absolute atomic E-state index is 0.0588. The van der Waals surface area contributed by atoms with Crippen LogP contribution in [0.2, 0.25) is 0 Å². The number of amides is 2. The highest BCUT2D eigenvalue weighted by atomic mass is 16.2. The summed E-state index contributed by atoms with van der Waals surface area (Å²) in [6, 6.07) is 4.06.